The maximum atomic E-state index is 13.4. The number of nitrogens with zero attached hydrogens (tertiary/aromatic N) is 4. The third-order valence-corrected chi connectivity index (χ3v) is 4.08. The van der Waals surface area contributed by atoms with E-state index in [-0.39, 0.29) is 0 Å². The second kappa shape index (κ2) is 7.01. The van der Waals surface area contributed by atoms with Crippen molar-refractivity contribution >= 4 is 26.4 Å². The molecule has 1 atom stereocenters. The molecule has 1 saturated heterocycles. The summed E-state index contributed by atoms with van der Waals surface area (Å²) in [6, 6.07) is 3.85. The average molecular weight is 331 g/mol. The van der Waals surface area contributed by atoms with Gasteiger partial charge in [0.1, 0.15) is 12.0 Å². The Hall–Kier alpha value is -2.07. The zero-order valence-electron chi connectivity index (χ0n) is 13.0. The Balaban J connectivity index is 1.92. The van der Waals surface area contributed by atoms with Crippen LogP contribution < -0.4 is 10.2 Å². The van der Waals surface area contributed by atoms with Crippen LogP contribution in [-0.4, -0.2) is 46.6 Å². The molecule has 3 rings (SSSR count). The van der Waals surface area contributed by atoms with Crippen LogP contribution >= 0.6 is 8.86 Å². The van der Waals surface area contributed by atoms with Crippen molar-refractivity contribution in [3.8, 4) is 11.3 Å². The summed E-state index contributed by atoms with van der Waals surface area (Å²) in [5, 5.41) is 3.10. The number of hydrogen-bond acceptors (Lipinski definition) is 5. The third-order valence-electron chi connectivity index (χ3n) is 3.77. The number of rotatable bonds is 5. The molecule has 1 fully saturated rings. The summed E-state index contributed by atoms with van der Waals surface area (Å²) in [5.74, 6) is 3.20. The van der Waals surface area contributed by atoms with Crippen LogP contribution in [0.5, 0.6) is 0 Å². The minimum absolute atomic E-state index is 0.400. The van der Waals surface area contributed by atoms with Crippen molar-refractivity contribution in [3.05, 3.63) is 30.1 Å². The summed E-state index contributed by atoms with van der Waals surface area (Å²) >= 11 is 0. The second-order valence-electron chi connectivity index (χ2n) is 5.41. The predicted molar refractivity (Wildman–Crippen MR) is 94.6 cm³/mol. The van der Waals surface area contributed by atoms with Crippen molar-refractivity contribution < 1.29 is 4.39 Å². The van der Waals surface area contributed by atoms with Crippen LogP contribution in [0.1, 0.15) is 18.9 Å². The molecule has 1 aliphatic heterocycles. The number of aromatic nitrogens is 3. The molecule has 7 heteroatoms. The maximum Gasteiger partial charge on any atom is 0.223 e. The molecule has 5 nitrogen and oxygen atoms in total. The fourth-order valence-corrected chi connectivity index (χ4v) is 2.87. The van der Waals surface area contributed by atoms with E-state index in [1.807, 2.05) is 29.8 Å². The van der Waals surface area contributed by atoms with Crippen LogP contribution in [0.4, 0.5) is 16.2 Å². The first-order valence-electron chi connectivity index (χ1n) is 7.68. The normalized spacial score (nSPS) is 17.3. The van der Waals surface area contributed by atoms with Gasteiger partial charge < -0.3 is 10.2 Å². The van der Waals surface area contributed by atoms with Crippen molar-refractivity contribution in [2.24, 2.45) is 0 Å². The van der Waals surface area contributed by atoms with Gasteiger partial charge in [-0.1, -0.05) is 0 Å². The van der Waals surface area contributed by atoms with Crippen LogP contribution in [0.25, 0.3) is 11.3 Å². The van der Waals surface area contributed by atoms with E-state index in [0.29, 0.717) is 25.5 Å². The lowest BCUT2D eigenvalue weighted by atomic mass is 10.1. The van der Waals surface area contributed by atoms with Crippen molar-refractivity contribution in [2.45, 2.75) is 19.5 Å². The summed E-state index contributed by atoms with van der Waals surface area (Å²) < 4.78 is 13.4. The number of pyridine rings is 1. The van der Waals surface area contributed by atoms with Gasteiger partial charge in [0, 0.05) is 36.6 Å². The van der Waals surface area contributed by atoms with E-state index in [0.717, 1.165) is 29.2 Å². The number of nitrogens with one attached hydrogen (secondary N) is 1. The highest BCUT2D eigenvalue weighted by Crippen LogP contribution is 2.27. The Morgan fingerprint density at radius 1 is 1.48 bits per heavy atom. The van der Waals surface area contributed by atoms with Gasteiger partial charge in [-0.05, 0) is 31.3 Å². The van der Waals surface area contributed by atoms with Crippen molar-refractivity contribution in [1.29, 1.82) is 0 Å². The Labute approximate surface area is 137 Å². The van der Waals surface area contributed by atoms with Gasteiger partial charge in [0.25, 0.3) is 0 Å². The molecule has 0 amide bonds. The minimum Gasteiger partial charge on any atom is -0.354 e. The van der Waals surface area contributed by atoms with E-state index in [9.17, 15) is 4.39 Å². The lowest BCUT2D eigenvalue weighted by Crippen LogP contribution is -2.22. The van der Waals surface area contributed by atoms with Gasteiger partial charge in [0.05, 0.1) is 12.2 Å². The first-order valence-corrected chi connectivity index (χ1v) is 8.25. The molecule has 0 aromatic carbocycles. The molecule has 1 N–H and O–H groups in total. The summed E-state index contributed by atoms with van der Waals surface area (Å²) in [5.41, 5.74) is 2.61. The Morgan fingerprint density at radius 2 is 2.35 bits per heavy atom. The smallest absolute Gasteiger partial charge is 0.223 e. The number of alkyl halides is 1. The molecular formula is C16H19FN5P. The summed E-state index contributed by atoms with van der Waals surface area (Å²) in [6.07, 6.45) is 3.28. The molecular weight excluding hydrogens is 312 g/mol. The van der Waals surface area contributed by atoms with Gasteiger partial charge in [-0.2, -0.15) is 0 Å². The van der Waals surface area contributed by atoms with Gasteiger partial charge in [0.15, 0.2) is 0 Å². The fraction of sp³-hybridized carbons (Fsp3) is 0.375. The van der Waals surface area contributed by atoms with E-state index >= 15 is 0 Å². The van der Waals surface area contributed by atoms with Crippen molar-refractivity contribution in [1.82, 2.24) is 15.0 Å². The first kappa shape index (κ1) is 15.8. The molecule has 1 aliphatic rings. The zero-order valence-corrected chi connectivity index (χ0v) is 14.0. The summed E-state index contributed by atoms with van der Waals surface area (Å²) in [7, 11) is 3.44. The van der Waals surface area contributed by atoms with Gasteiger partial charge in [-0.25, -0.2) is 19.3 Å². The highest BCUT2D eigenvalue weighted by atomic mass is 31.0. The van der Waals surface area contributed by atoms with E-state index in [2.05, 4.69) is 29.1 Å². The van der Waals surface area contributed by atoms with Crippen molar-refractivity contribution in [3.63, 3.8) is 0 Å². The molecule has 23 heavy (non-hydrogen) atoms. The molecule has 0 saturated carbocycles. The molecule has 0 aliphatic carbocycles. The van der Waals surface area contributed by atoms with Crippen LogP contribution in [0.2, 0.25) is 0 Å². The lowest BCUT2D eigenvalue weighted by molar-refractivity contribution is 0.364. The van der Waals surface area contributed by atoms with E-state index in [1.54, 1.807) is 12.4 Å². The molecule has 2 aromatic heterocycles. The number of halogens is 1. The predicted octanol–water partition coefficient (Wildman–Crippen LogP) is 2.81. The van der Waals surface area contributed by atoms with Crippen LogP contribution in [0.15, 0.2) is 24.5 Å². The summed E-state index contributed by atoms with van der Waals surface area (Å²) in [6.45, 7) is 3.86. The first-order chi connectivity index (χ1) is 11.2. The average Bonchev–Trinajstić information content (AvgIpc) is 3.01. The van der Waals surface area contributed by atoms with Gasteiger partial charge in [-0.15, -0.1) is 8.86 Å². The van der Waals surface area contributed by atoms with E-state index in [4.69, 9.17) is 0 Å². The van der Waals surface area contributed by atoms with Crippen molar-refractivity contribution in [2.75, 3.05) is 29.9 Å². The van der Waals surface area contributed by atoms with Crippen LogP contribution in [0, 0.1) is 0 Å². The van der Waals surface area contributed by atoms with Gasteiger partial charge >= 0.3 is 0 Å². The molecule has 0 radical (unpaired) electrons. The van der Waals surface area contributed by atoms with Crippen LogP contribution in [0.3, 0.4) is 0 Å². The molecule has 120 valence electrons. The standard InChI is InChI=1S/C16H19FN5P/c1-2-18-16-19-5-3-14(21-16)11-7-12(10-23)15(20-8-11)22-6-4-13(17)9-22/h3,5,7-8,10,13,23H,2,4,6,9H2,1H3,(H,18,19,21). The van der Waals surface area contributed by atoms with Gasteiger partial charge in [-0.3, -0.25) is 0 Å². The summed E-state index contributed by atoms with van der Waals surface area (Å²) in [4.78, 5) is 15.2. The molecule has 1 unspecified atom stereocenters. The van der Waals surface area contributed by atoms with E-state index < -0.39 is 6.17 Å². The molecule has 3 heterocycles. The molecule has 0 spiro atoms. The largest absolute Gasteiger partial charge is 0.354 e. The fourth-order valence-electron chi connectivity index (χ4n) is 2.66. The molecule has 0 bridgehead atoms. The highest BCUT2D eigenvalue weighted by molar-refractivity contribution is 7.19. The quantitative estimate of drug-likeness (QED) is 0.854. The lowest BCUT2D eigenvalue weighted by Gasteiger charge is -2.19. The SMILES string of the molecule is CCNc1nccc(-c2cnc(N3CCC(F)C3)c(C=P)c2)n1. The van der Waals surface area contributed by atoms with Crippen LogP contribution in [-0.2, 0) is 0 Å². The van der Waals surface area contributed by atoms with Gasteiger partial charge in [0.2, 0.25) is 5.95 Å². The topological polar surface area (TPSA) is 53.9 Å². The molecule has 2 aromatic rings. The monoisotopic (exact) mass is 331 g/mol. The Morgan fingerprint density at radius 3 is 3.04 bits per heavy atom. The zero-order chi connectivity index (χ0) is 16.2. The minimum atomic E-state index is -0.774. The van der Waals surface area contributed by atoms with E-state index in [1.165, 1.54) is 0 Å². The highest BCUT2D eigenvalue weighted by Gasteiger charge is 2.24. The Kier molecular flexibility index (Phi) is 4.82. The maximum absolute atomic E-state index is 13.4. The second-order valence-corrected chi connectivity index (χ2v) is 5.70. The Bertz CT molecular complexity index is 709. The number of anilines is 2. The number of hydrogen-bond donors (Lipinski definition) is 1. The third kappa shape index (κ3) is 3.48.